The number of carbonyl (C=O) groups is 3. The van der Waals surface area contributed by atoms with Crippen molar-refractivity contribution in [2.75, 3.05) is 0 Å². The quantitative estimate of drug-likeness (QED) is 0.308. The van der Waals surface area contributed by atoms with Crippen molar-refractivity contribution in [3.05, 3.63) is 98.6 Å². The number of rotatable bonds is 0. The topological polar surface area (TPSA) is 130 Å². The Morgan fingerprint density at radius 2 is 1.65 bits per heavy atom. The summed E-state index contributed by atoms with van der Waals surface area (Å²) in [5, 5.41) is 33.3. The molecule has 2 heterocycles. The Hall–Kier alpha value is -4.27. The first kappa shape index (κ1) is 23.6. The third-order valence-corrected chi connectivity index (χ3v) is 9.52. The highest BCUT2D eigenvalue weighted by Crippen LogP contribution is 2.73. The summed E-state index contributed by atoms with van der Waals surface area (Å²) in [5.41, 5.74) is -0.848. The Labute approximate surface area is 228 Å². The molecule has 0 amide bonds. The molecule has 5 aliphatic rings. The lowest BCUT2D eigenvalue weighted by Gasteiger charge is -2.51. The van der Waals surface area contributed by atoms with Crippen LogP contribution in [0.5, 0.6) is 17.2 Å². The van der Waals surface area contributed by atoms with Gasteiger partial charge in [-0.2, -0.15) is 0 Å². The SMILES string of the molecule is Cc1cc(O)c2c(c1)C(=O)c1ccc3c(c1C2=O)O[C@]12O[C@H](C)[C@@H]4[C@]31C(=CC[C@@]4(C)O)C(=O)c1c(O)cccc12. The number of fused-ring (bicyclic) bond motifs is 5. The van der Waals surface area contributed by atoms with Gasteiger partial charge in [-0.15, -0.1) is 0 Å². The second kappa shape index (κ2) is 6.89. The lowest BCUT2D eigenvalue weighted by atomic mass is 9.50. The molecule has 1 saturated heterocycles. The number of aryl methyl sites for hydroxylation is 1. The van der Waals surface area contributed by atoms with Gasteiger partial charge in [0.25, 0.3) is 5.79 Å². The molecular weight excluding hydrogens is 512 g/mol. The summed E-state index contributed by atoms with van der Waals surface area (Å²) in [4.78, 5) is 41.9. The highest BCUT2D eigenvalue weighted by atomic mass is 16.7. The maximum Gasteiger partial charge on any atom is 0.253 e. The molecule has 3 aromatic carbocycles. The second-order valence-corrected chi connectivity index (χ2v) is 11.8. The molecule has 3 aliphatic carbocycles. The predicted octanol–water partition coefficient (Wildman–Crippen LogP) is 3.98. The molecule has 0 unspecified atom stereocenters. The number of phenols is 2. The molecule has 1 spiro atoms. The van der Waals surface area contributed by atoms with Crippen LogP contribution in [-0.4, -0.2) is 44.4 Å². The first-order chi connectivity index (χ1) is 19.0. The summed E-state index contributed by atoms with van der Waals surface area (Å²) in [6.07, 6.45) is 1.26. The van der Waals surface area contributed by atoms with Crippen LogP contribution in [-0.2, 0) is 15.9 Å². The summed E-state index contributed by atoms with van der Waals surface area (Å²) in [6.45, 7) is 5.23. The minimum Gasteiger partial charge on any atom is -0.507 e. The Kier molecular flexibility index (Phi) is 4.07. The number of benzene rings is 3. The maximum absolute atomic E-state index is 14.1. The highest BCUT2D eigenvalue weighted by Gasteiger charge is 2.80. The van der Waals surface area contributed by atoms with Crippen LogP contribution >= 0.6 is 0 Å². The monoisotopic (exact) mass is 536 g/mol. The molecule has 2 aliphatic heterocycles. The van der Waals surface area contributed by atoms with Crippen LogP contribution in [0, 0.1) is 12.8 Å². The number of carbonyl (C=O) groups excluding carboxylic acids is 3. The van der Waals surface area contributed by atoms with Crippen LogP contribution in [0.15, 0.2) is 54.1 Å². The zero-order chi connectivity index (χ0) is 28.1. The number of phenolic OH excluding ortho intramolecular Hbond substituents is 2. The van der Waals surface area contributed by atoms with Gasteiger partial charge in [-0.05, 0) is 57.0 Å². The molecule has 0 radical (unpaired) electrons. The number of aliphatic hydroxyl groups is 1. The summed E-state index contributed by atoms with van der Waals surface area (Å²) >= 11 is 0. The largest absolute Gasteiger partial charge is 0.507 e. The van der Waals surface area contributed by atoms with E-state index in [9.17, 15) is 29.7 Å². The Balaban J connectivity index is 1.50. The van der Waals surface area contributed by atoms with E-state index in [0.717, 1.165) is 0 Å². The fraction of sp³-hybridized carbons (Fsp3) is 0.281. The Morgan fingerprint density at radius 1 is 0.875 bits per heavy atom. The molecule has 0 bridgehead atoms. The fourth-order valence-corrected chi connectivity index (χ4v) is 8.29. The molecule has 1 fully saturated rings. The van der Waals surface area contributed by atoms with E-state index >= 15 is 0 Å². The molecule has 40 heavy (non-hydrogen) atoms. The minimum atomic E-state index is -1.70. The van der Waals surface area contributed by atoms with Gasteiger partial charge in [-0.3, -0.25) is 14.4 Å². The number of ether oxygens (including phenoxy) is 2. The molecule has 0 saturated carbocycles. The molecule has 8 heteroatoms. The van der Waals surface area contributed by atoms with Crippen molar-refractivity contribution in [2.24, 2.45) is 5.92 Å². The van der Waals surface area contributed by atoms with Crippen LogP contribution in [0.1, 0.15) is 79.2 Å². The third-order valence-electron chi connectivity index (χ3n) is 9.52. The summed E-state index contributed by atoms with van der Waals surface area (Å²) < 4.78 is 13.4. The Bertz CT molecular complexity index is 1830. The normalized spacial score (nSPS) is 32.3. The van der Waals surface area contributed by atoms with E-state index in [-0.39, 0.29) is 51.5 Å². The van der Waals surface area contributed by atoms with Crippen molar-refractivity contribution < 1.29 is 39.2 Å². The van der Waals surface area contributed by atoms with E-state index in [4.69, 9.17) is 9.47 Å². The van der Waals surface area contributed by atoms with Gasteiger partial charge in [-0.1, -0.05) is 24.3 Å². The summed E-state index contributed by atoms with van der Waals surface area (Å²) in [7, 11) is 0. The third kappa shape index (κ3) is 2.29. The van der Waals surface area contributed by atoms with Crippen LogP contribution in [0.2, 0.25) is 0 Å². The lowest BCUT2D eigenvalue weighted by molar-refractivity contribution is -0.188. The molecular formula is C32H24O8. The summed E-state index contributed by atoms with van der Waals surface area (Å²) in [6, 6.07) is 10.9. The standard InChI is InChI=1S/C32H24O8/c1-13-11-16-22(21(34)12-13)27(37)23-15(25(16)35)7-8-19-28(23)40-32-17-5-4-6-20(33)24(17)26(36)18-9-10-30(3,38)29(14(2)39-32)31(18,19)32/h4-9,11-12,14,29,33-34,38H,10H2,1-3H3/t14-,29+,30-,31+,32+/m1/s1. The van der Waals surface area contributed by atoms with Gasteiger partial charge in [-0.25, -0.2) is 0 Å². The van der Waals surface area contributed by atoms with Crippen molar-refractivity contribution in [1.82, 2.24) is 0 Å². The predicted molar refractivity (Wildman–Crippen MR) is 140 cm³/mol. The van der Waals surface area contributed by atoms with Crippen LogP contribution in [0.3, 0.4) is 0 Å². The number of hydrogen-bond acceptors (Lipinski definition) is 8. The Morgan fingerprint density at radius 3 is 2.42 bits per heavy atom. The fourth-order valence-electron chi connectivity index (χ4n) is 8.29. The van der Waals surface area contributed by atoms with E-state index in [1.807, 2.05) is 6.92 Å². The van der Waals surface area contributed by atoms with Gasteiger partial charge in [0.15, 0.2) is 11.6 Å². The van der Waals surface area contributed by atoms with Crippen LogP contribution in [0.25, 0.3) is 0 Å². The smallest absolute Gasteiger partial charge is 0.253 e. The molecule has 8 rings (SSSR count). The zero-order valence-corrected chi connectivity index (χ0v) is 21.9. The molecule has 200 valence electrons. The van der Waals surface area contributed by atoms with Crippen molar-refractivity contribution in [2.45, 2.75) is 50.1 Å². The number of aromatic hydroxyl groups is 2. The van der Waals surface area contributed by atoms with E-state index in [2.05, 4.69) is 0 Å². The van der Waals surface area contributed by atoms with E-state index in [1.165, 1.54) is 12.1 Å². The van der Waals surface area contributed by atoms with Gasteiger partial charge >= 0.3 is 0 Å². The van der Waals surface area contributed by atoms with E-state index in [0.29, 0.717) is 22.3 Å². The zero-order valence-electron chi connectivity index (χ0n) is 21.9. The van der Waals surface area contributed by atoms with Gasteiger partial charge in [0.05, 0.1) is 28.4 Å². The lowest BCUT2D eigenvalue weighted by Crippen LogP contribution is -2.61. The van der Waals surface area contributed by atoms with E-state index in [1.54, 1.807) is 50.3 Å². The number of hydrogen-bond donors (Lipinski definition) is 3. The molecule has 3 aromatic rings. The van der Waals surface area contributed by atoms with Gasteiger partial charge < -0.3 is 24.8 Å². The van der Waals surface area contributed by atoms with Gasteiger partial charge in [0.2, 0.25) is 5.78 Å². The van der Waals surface area contributed by atoms with Crippen LogP contribution < -0.4 is 4.74 Å². The number of Topliss-reactive ketones (excluding diaryl/α,β-unsaturated/α-hetero) is 1. The van der Waals surface area contributed by atoms with Crippen molar-refractivity contribution >= 4 is 17.3 Å². The molecule has 5 atom stereocenters. The maximum atomic E-state index is 14.1. The highest BCUT2D eigenvalue weighted by molar-refractivity contribution is 6.30. The van der Waals surface area contributed by atoms with Gasteiger partial charge in [0.1, 0.15) is 22.7 Å². The second-order valence-electron chi connectivity index (χ2n) is 11.8. The van der Waals surface area contributed by atoms with Crippen molar-refractivity contribution in [1.29, 1.82) is 0 Å². The van der Waals surface area contributed by atoms with Crippen molar-refractivity contribution in [3.63, 3.8) is 0 Å². The summed E-state index contributed by atoms with van der Waals surface area (Å²) in [5.74, 6) is -4.25. The average Bonchev–Trinajstić information content (AvgIpc) is 3.32. The van der Waals surface area contributed by atoms with Gasteiger partial charge in [0, 0.05) is 33.7 Å². The molecule has 0 aromatic heterocycles. The first-order valence-corrected chi connectivity index (χ1v) is 13.2. The number of ketones is 3. The minimum absolute atomic E-state index is 0.0204. The van der Waals surface area contributed by atoms with Crippen molar-refractivity contribution in [3.8, 4) is 17.2 Å². The average molecular weight is 537 g/mol. The molecule has 8 nitrogen and oxygen atoms in total. The molecule has 3 N–H and O–H groups in total. The first-order valence-electron chi connectivity index (χ1n) is 13.2. The van der Waals surface area contributed by atoms with E-state index < -0.39 is 46.2 Å². The van der Waals surface area contributed by atoms with Crippen LogP contribution in [0.4, 0.5) is 0 Å².